The molecule has 0 spiro atoms. The van der Waals surface area contributed by atoms with Crippen LogP contribution in [0.15, 0.2) is 36.5 Å². The van der Waals surface area contributed by atoms with E-state index in [2.05, 4.69) is 5.10 Å². The third-order valence-corrected chi connectivity index (χ3v) is 3.06. The summed E-state index contributed by atoms with van der Waals surface area (Å²) in [6, 6.07) is 7.79. The summed E-state index contributed by atoms with van der Waals surface area (Å²) in [6.45, 7) is 1.86. The Hall–Kier alpha value is -1.68. The van der Waals surface area contributed by atoms with Crippen LogP contribution in [0.5, 0.6) is 0 Å². The van der Waals surface area contributed by atoms with Gasteiger partial charge in [0.05, 0.1) is 5.69 Å². The molecule has 0 saturated carbocycles. The summed E-state index contributed by atoms with van der Waals surface area (Å²) >= 11 is 0. The molecule has 0 fully saturated rings. The summed E-state index contributed by atoms with van der Waals surface area (Å²) in [7, 11) is 1.76. The monoisotopic (exact) mass is 234 g/mol. The van der Waals surface area contributed by atoms with Crippen LogP contribution in [0.2, 0.25) is 0 Å². The Labute approximate surface area is 99.5 Å². The van der Waals surface area contributed by atoms with Crippen LogP contribution in [0.25, 0.3) is 0 Å². The van der Waals surface area contributed by atoms with Crippen molar-refractivity contribution in [3.8, 4) is 0 Å². The standard InChI is InChI=1S/C13H15FN2O/c1-3-13(17,12-7-8-15-16(12)2)10-5-4-6-11(14)9-10/h4-9,17H,3H2,1-2H3. The number of aromatic nitrogens is 2. The van der Waals surface area contributed by atoms with E-state index < -0.39 is 5.60 Å². The summed E-state index contributed by atoms with van der Waals surface area (Å²) in [6.07, 6.45) is 2.07. The maximum atomic E-state index is 13.2. The quantitative estimate of drug-likeness (QED) is 0.884. The molecule has 2 aromatic rings. The van der Waals surface area contributed by atoms with Crippen LogP contribution in [0.3, 0.4) is 0 Å². The van der Waals surface area contributed by atoms with Gasteiger partial charge in [-0.1, -0.05) is 19.1 Å². The Morgan fingerprint density at radius 1 is 1.41 bits per heavy atom. The van der Waals surface area contributed by atoms with Crippen LogP contribution in [0.4, 0.5) is 4.39 Å². The first-order valence-electron chi connectivity index (χ1n) is 5.55. The first-order chi connectivity index (χ1) is 8.08. The van der Waals surface area contributed by atoms with Crippen LogP contribution in [0, 0.1) is 5.82 Å². The minimum atomic E-state index is -1.20. The van der Waals surface area contributed by atoms with Crippen LogP contribution >= 0.6 is 0 Å². The van der Waals surface area contributed by atoms with Crippen molar-refractivity contribution in [2.75, 3.05) is 0 Å². The summed E-state index contributed by atoms with van der Waals surface area (Å²) in [4.78, 5) is 0. The zero-order valence-corrected chi connectivity index (χ0v) is 9.89. The summed E-state index contributed by atoms with van der Waals surface area (Å²) in [5.74, 6) is -0.350. The summed E-state index contributed by atoms with van der Waals surface area (Å²) in [5.41, 5.74) is 0.00192. The highest BCUT2D eigenvalue weighted by Crippen LogP contribution is 2.32. The lowest BCUT2D eigenvalue weighted by molar-refractivity contribution is 0.0674. The van der Waals surface area contributed by atoms with E-state index in [1.165, 1.54) is 12.1 Å². The molecular formula is C13H15FN2O. The van der Waals surface area contributed by atoms with Crippen LogP contribution < -0.4 is 0 Å². The third-order valence-electron chi connectivity index (χ3n) is 3.06. The number of nitrogens with zero attached hydrogens (tertiary/aromatic N) is 2. The molecule has 3 nitrogen and oxygen atoms in total. The normalized spacial score (nSPS) is 14.6. The topological polar surface area (TPSA) is 38.1 Å². The van der Waals surface area contributed by atoms with Crippen molar-refractivity contribution in [1.82, 2.24) is 9.78 Å². The van der Waals surface area contributed by atoms with E-state index in [-0.39, 0.29) is 5.82 Å². The minimum absolute atomic E-state index is 0.350. The Kier molecular flexibility index (Phi) is 2.98. The SMILES string of the molecule is CCC(O)(c1cccc(F)c1)c1ccnn1C. The zero-order chi connectivity index (χ0) is 12.5. The fraction of sp³-hybridized carbons (Fsp3) is 0.308. The second-order valence-electron chi connectivity index (χ2n) is 4.06. The Bertz CT molecular complexity index is 524. The van der Waals surface area contributed by atoms with Gasteiger partial charge in [0.2, 0.25) is 0 Å². The predicted octanol–water partition coefficient (Wildman–Crippen LogP) is 2.21. The Morgan fingerprint density at radius 3 is 2.71 bits per heavy atom. The van der Waals surface area contributed by atoms with E-state index in [1.54, 1.807) is 36.1 Å². The van der Waals surface area contributed by atoms with Gasteiger partial charge in [-0.25, -0.2) is 4.39 Å². The van der Waals surface area contributed by atoms with E-state index in [9.17, 15) is 9.50 Å². The average molecular weight is 234 g/mol. The fourth-order valence-corrected chi connectivity index (χ4v) is 2.06. The first-order valence-corrected chi connectivity index (χ1v) is 5.55. The fourth-order valence-electron chi connectivity index (χ4n) is 2.06. The molecule has 0 aliphatic heterocycles. The van der Waals surface area contributed by atoms with Crippen LogP contribution in [-0.2, 0) is 12.6 Å². The zero-order valence-electron chi connectivity index (χ0n) is 9.89. The van der Waals surface area contributed by atoms with Gasteiger partial charge in [-0.05, 0) is 30.2 Å². The molecule has 0 saturated heterocycles. The number of hydrogen-bond donors (Lipinski definition) is 1. The first kappa shape index (κ1) is 11.8. The van der Waals surface area contributed by atoms with Crippen molar-refractivity contribution in [3.05, 3.63) is 53.6 Å². The smallest absolute Gasteiger partial charge is 0.131 e. The molecule has 0 aliphatic carbocycles. The van der Waals surface area contributed by atoms with Gasteiger partial charge in [0.15, 0.2) is 0 Å². The van der Waals surface area contributed by atoms with E-state index in [0.29, 0.717) is 17.7 Å². The molecule has 0 aliphatic rings. The molecule has 2 rings (SSSR count). The van der Waals surface area contributed by atoms with Crippen molar-refractivity contribution in [3.63, 3.8) is 0 Å². The Balaban J connectivity index is 2.55. The molecule has 4 heteroatoms. The van der Waals surface area contributed by atoms with Crippen molar-refractivity contribution >= 4 is 0 Å². The third kappa shape index (κ3) is 1.96. The second kappa shape index (κ2) is 4.30. The number of rotatable bonds is 3. The highest BCUT2D eigenvalue weighted by molar-refractivity contribution is 5.32. The molecular weight excluding hydrogens is 219 g/mol. The molecule has 1 aromatic carbocycles. The Morgan fingerprint density at radius 2 is 2.18 bits per heavy atom. The average Bonchev–Trinajstić information content (AvgIpc) is 2.75. The van der Waals surface area contributed by atoms with Crippen molar-refractivity contribution in [2.45, 2.75) is 18.9 Å². The molecule has 0 bridgehead atoms. The lowest BCUT2D eigenvalue weighted by Gasteiger charge is -2.27. The maximum Gasteiger partial charge on any atom is 0.131 e. The van der Waals surface area contributed by atoms with E-state index in [1.807, 2.05) is 6.92 Å². The molecule has 1 N–H and O–H groups in total. The van der Waals surface area contributed by atoms with Gasteiger partial charge in [0, 0.05) is 13.2 Å². The van der Waals surface area contributed by atoms with Crippen molar-refractivity contribution < 1.29 is 9.50 Å². The number of aryl methyl sites for hydroxylation is 1. The van der Waals surface area contributed by atoms with Gasteiger partial charge in [0.25, 0.3) is 0 Å². The molecule has 90 valence electrons. The van der Waals surface area contributed by atoms with E-state index >= 15 is 0 Å². The van der Waals surface area contributed by atoms with Gasteiger partial charge in [-0.2, -0.15) is 5.10 Å². The second-order valence-corrected chi connectivity index (χ2v) is 4.06. The van der Waals surface area contributed by atoms with Crippen LogP contribution in [0.1, 0.15) is 24.6 Å². The summed E-state index contributed by atoms with van der Waals surface area (Å²) < 4.78 is 14.8. The number of benzene rings is 1. The molecule has 1 atom stereocenters. The highest BCUT2D eigenvalue weighted by atomic mass is 19.1. The van der Waals surface area contributed by atoms with Gasteiger partial charge in [0.1, 0.15) is 11.4 Å². The van der Waals surface area contributed by atoms with E-state index in [0.717, 1.165) is 0 Å². The predicted molar refractivity (Wildman–Crippen MR) is 62.9 cm³/mol. The van der Waals surface area contributed by atoms with Crippen molar-refractivity contribution in [1.29, 1.82) is 0 Å². The largest absolute Gasteiger partial charge is 0.379 e. The van der Waals surface area contributed by atoms with Gasteiger partial charge < -0.3 is 5.11 Å². The maximum absolute atomic E-state index is 13.2. The van der Waals surface area contributed by atoms with Gasteiger partial charge >= 0.3 is 0 Å². The molecule has 1 aromatic heterocycles. The molecule has 0 radical (unpaired) electrons. The van der Waals surface area contributed by atoms with Gasteiger partial charge in [-0.3, -0.25) is 4.68 Å². The highest BCUT2D eigenvalue weighted by Gasteiger charge is 2.32. The molecule has 1 unspecified atom stereocenters. The molecule has 0 amide bonds. The lowest BCUT2D eigenvalue weighted by atomic mass is 9.88. The van der Waals surface area contributed by atoms with Crippen LogP contribution in [-0.4, -0.2) is 14.9 Å². The van der Waals surface area contributed by atoms with E-state index in [4.69, 9.17) is 0 Å². The number of hydrogen-bond acceptors (Lipinski definition) is 2. The summed E-state index contributed by atoms with van der Waals surface area (Å²) in [5, 5.41) is 14.8. The minimum Gasteiger partial charge on any atom is -0.379 e. The molecule has 1 heterocycles. The molecule has 17 heavy (non-hydrogen) atoms. The van der Waals surface area contributed by atoms with Crippen molar-refractivity contribution in [2.24, 2.45) is 7.05 Å². The number of halogens is 1. The lowest BCUT2D eigenvalue weighted by Crippen LogP contribution is -2.29. The van der Waals surface area contributed by atoms with Gasteiger partial charge in [-0.15, -0.1) is 0 Å². The number of aliphatic hydroxyl groups is 1.